The number of carboxylic acids is 1. The molecule has 0 fully saturated rings. The fraction of sp³-hybridized carbons (Fsp3) is 0.500. The van der Waals surface area contributed by atoms with Crippen LogP contribution in [0.2, 0.25) is 0 Å². The van der Waals surface area contributed by atoms with Crippen LogP contribution in [0.4, 0.5) is 0 Å². The number of rotatable bonds is 4. The van der Waals surface area contributed by atoms with Gasteiger partial charge in [-0.15, -0.1) is 0 Å². The number of carbonyl (C=O) groups is 1. The minimum Gasteiger partial charge on any atom is -0.478 e. The molecule has 1 atom stereocenters. The molecule has 0 rings (SSSR count). The lowest BCUT2D eigenvalue weighted by atomic mass is 10.1. The first-order valence-electron chi connectivity index (χ1n) is 3.60. The molecule has 0 aromatic heterocycles. The Kier molecular flexibility index (Phi) is 4.65. The van der Waals surface area contributed by atoms with Crippen molar-refractivity contribution < 1.29 is 14.7 Å². The Morgan fingerprint density at radius 2 is 2.33 bits per heavy atom. The number of hydrogen-bond acceptors (Lipinski definition) is 3. The van der Waals surface area contributed by atoms with Crippen LogP contribution in [-0.2, 0) is 9.59 Å². The topological polar surface area (TPSA) is 66.7 Å². The minimum absolute atomic E-state index is 0.195. The van der Waals surface area contributed by atoms with Crippen LogP contribution in [0, 0.1) is 0 Å². The average molecular weight is 169 g/mol. The largest absolute Gasteiger partial charge is 0.478 e. The molecule has 66 valence electrons. The molecule has 4 heteroatoms. The lowest BCUT2D eigenvalue weighted by molar-refractivity contribution is -0.132. The van der Waals surface area contributed by atoms with Crippen LogP contribution in [0.1, 0.15) is 20.3 Å². The van der Waals surface area contributed by atoms with Crippen LogP contribution < -0.4 is 0 Å². The van der Waals surface area contributed by atoms with Gasteiger partial charge in [-0.05, 0) is 19.4 Å². The van der Waals surface area contributed by atoms with Crippen LogP contribution in [0.3, 0.4) is 0 Å². The van der Waals surface area contributed by atoms with Gasteiger partial charge < -0.3 is 5.11 Å². The van der Waals surface area contributed by atoms with Gasteiger partial charge in [0.1, 0.15) is 0 Å². The van der Waals surface area contributed by atoms with E-state index in [2.05, 4.69) is 4.99 Å². The van der Waals surface area contributed by atoms with Crippen LogP contribution in [0.15, 0.2) is 16.6 Å². The van der Waals surface area contributed by atoms with Gasteiger partial charge in [0.25, 0.3) is 0 Å². The molecule has 0 spiro atoms. The van der Waals surface area contributed by atoms with Crippen molar-refractivity contribution in [2.75, 3.05) is 0 Å². The second kappa shape index (κ2) is 5.27. The molecule has 0 bridgehead atoms. The van der Waals surface area contributed by atoms with Gasteiger partial charge in [-0.2, -0.15) is 4.99 Å². The van der Waals surface area contributed by atoms with Crippen LogP contribution in [-0.4, -0.2) is 23.2 Å². The molecule has 0 saturated carbocycles. The van der Waals surface area contributed by atoms with E-state index < -0.39 is 5.97 Å². The molecule has 0 saturated heterocycles. The van der Waals surface area contributed by atoms with Gasteiger partial charge in [0, 0.05) is 5.57 Å². The highest BCUT2D eigenvalue weighted by Gasteiger charge is 2.04. The van der Waals surface area contributed by atoms with E-state index in [1.165, 1.54) is 19.1 Å². The molecule has 0 aliphatic carbocycles. The summed E-state index contributed by atoms with van der Waals surface area (Å²) >= 11 is 0. The smallest absolute Gasteiger partial charge is 0.331 e. The summed E-state index contributed by atoms with van der Waals surface area (Å²) in [6.45, 7) is 3.28. The van der Waals surface area contributed by atoms with Crippen molar-refractivity contribution >= 4 is 12.0 Å². The van der Waals surface area contributed by atoms with Crippen molar-refractivity contribution in [2.45, 2.75) is 26.3 Å². The number of nitrogens with zero attached hydrogens (tertiary/aromatic N) is 1. The summed E-state index contributed by atoms with van der Waals surface area (Å²) < 4.78 is 0. The summed E-state index contributed by atoms with van der Waals surface area (Å²) in [4.78, 5) is 23.6. The maximum Gasteiger partial charge on any atom is 0.331 e. The Bertz CT molecular complexity index is 239. The predicted molar refractivity (Wildman–Crippen MR) is 43.6 cm³/mol. The Hall–Kier alpha value is -1.41. The van der Waals surface area contributed by atoms with Crippen LogP contribution in [0.5, 0.6) is 0 Å². The molecule has 0 aromatic carbocycles. The Labute approximate surface area is 70.6 Å². The fourth-order valence-electron chi connectivity index (χ4n) is 0.674. The SMILES string of the molecule is CCC(/C=C(\C)C(=O)O)N=C=O. The van der Waals surface area contributed by atoms with Crippen molar-refractivity contribution in [3.8, 4) is 0 Å². The number of isocyanates is 1. The summed E-state index contributed by atoms with van der Waals surface area (Å²) in [5, 5.41) is 8.49. The van der Waals surface area contributed by atoms with Gasteiger partial charge >= 0.3 is 5.97 Å². The second-order valence-electron chi connectivity index (χ2n) is 2.35. The van der Waals surface area contributed by atoms with Gasteiger partial charge in [0.15, 0.2) is 0 Å². The first kappa shape index (κ1) is 10.6. The van der Waals surface area contributed by atoms with Gasteiger partial charge in [-0.25, -0.2) is 9.59 Å². The molecular formula is C8H11NO3. The number of aliphatic carboxylic acids is 1. The van der Waals surface area contributed by atoms with E-state index in [0.29, 0.717) is 6.42 Å². The zero-order chi connectivity index (χ0) is 9.56. The zero-order valence-corrected chi connectivity index (χ0v) is 7.07. The Morgan fingerprint density at radius 3 is 2.67 bits per heavy atom. The number of carboxylic acid groups (broad SMARTS) is 1. The third-order valence-electron chi connectivity index (χ3n) is 1.42. The second-order valence-corrected chi connectivity index (χ2v) is 2.35. The summed E-state index contributed by atoms with van der Waals surface area (Å²) in [5.74, 6) is -0.991. The molecule has 4 nitrogen and oxygen atoms in total. The summed E-state index contributed by atoms with van der Waals surface area (Å²) in [6, 6.07) is -0.362. The third kappa shape index (κ3) is 3.68. The van der Waals surface area contributed by atoms with Crippen molar-refractivity contribution in [1.29, 1.82) is 0 Å². The van der Waals surface area contributed by atoms with E-state index >= 15 is 0 Å². The van der Waals surface area contributed by atoms with E-state index in [-0.39, 0.29) is 11.6 Å². The van der Waals surface area contributed by atoms with Gasteiger partial charge in [0.2, 0.25) is 6.08 Å². The fourth-order valence-corrected chi connectivity index (χ4v) is 0.674. The van der Waals surface area contributed by atoms with Gasteiger partial charge in [0.05, 0.1) is 6.04 Å². The Morgan fingerprint density at radius 1 is 1.75 bits per heavy atom. The minimum atomic E-state index is -0.991. The summed E-state index contributed by atoms with van der Waals surface area (Å²) in [7, 11) is 0. The first-order chi connectivity index (χ1) is 5.61. The van der Waals surface area contributed by atoms with Crippen molar-refractivity contribution in [2.24, 2.45) is 4.99 Å². The highest BCUT2D eigenvalue weighted by atomic mass is 16.4. The van der Waals surface area contributed by atoms with E-state index in [1.807, 2.05) is 6.92 Å². The van der Waals surface area contributed by atoms with E-state index in [4.69, 9.17) is 5.11 Å². The molecule has 1 unspecified atom stereocenters. The Balaban J connectivity index is 4.45. The van der Waals surface area contributed by atoms with Crippen LogP contribution >= 0.6 is 0 Å². The van der Waals surface area contributed by atoms with E-state index in [9.17, 15) is 9.59 Å². The van der Waals surface area contributed by atoms with Gasteiger partial charge in [-0.3, -0.25) is 0 Å². The summed E-state index contributed by atoms with van der Waals surface area (Å²) in [5.41, 5.74) is 0.195. The maximum absolute atomic E-state index is 10.3. The monoisotopic (exact) mass is 169 g/mol. The number of aliphatic imine (C=N–C) groups is 1. The highest BCUT2D eigenvalue weighted by molar-refractivity contribution is 5.85. The standard InChI is InChI=1S/C8H11NO3/c1-3-7(9-5-10)4-6(2)8(11)12/h4,7H,3H2,1-2H3,(H,11,12)/b6-4+. The first-order valence-corrected chi connectivity index (χ1v) is 3.60. The van der Waals surface area contributed by atoms with Crippen molar-refractivity contribution in [3.63, 3.8) is 0 Å². The molecule has 0 aliphatic rings. The average Bonchev–Trinajstić information content (AvgIpc) is 2.03. The lowest BCUT2D eigenvalue weighted by Crippen LogP contribution is -2.03. The lowest BCUT2D eigenvalue weighted by Gasteiger charge is -2.00. The maximum atomic E-state index is 10.3. The highest BCUT2D eigenvalue weighted by Crippen LogP contribution is 2.03. The zero-order valence-electron chi connectivity index (χ0n) is 7.07. The third-order valence-corrected chi connectivity index (χ3v) is 1.42. The molecule has 1 N–H and O–H groups in total. The van der Waals surface area contributed by atoms with Crippen molar-refractivity contribution in [3.05, 3.63) is 11.6 Å². The van der Waals surface area contributed by atoms with Crippen molar-refractivity contribution in [1.82, 2.24) is 0 Å². The predicted octanol–water partition coefficient (Wildman–Crippen LogP) is 1.13. The van der Waals surface area contributed by atoms with E-state index in [0.717, 1.165) is 0 Å². The molecule has 0 aromatic rings. The summed E-state index contributed by atoms with van der Waals surface area (Å²) in [6.07, 6.45) is 3.44. The molecule has 0 amide bonds. The molecule has 0 heterocycles. The molecule has 0 aliphatic heterocycles. The number of hydrogen-bond donors (Lipinski definition) is 1. The molecule has 0 radical (unpaired) electrons. The van der Waals surface area contributed by atoms with Crippen LogP contribution in [0.25, 0.3) is 0 Å². The van der Waals surface area contributed by atoms with E-state index in [1.54, 1.807) is 0 Å². The molecular weight excluding hydrogens is 158 g/mol. The quantitative estimate of drug-likeness (QED) is 0.389. The molecule has 12 heavy (non-hydrogen) atoms. The van der Waals surface area contributed by atoms with Gasteiger partial charge in [-0.1, -0.05) is 6.92 Å². The normalized spacial score (nSPS) is 13.3. The number of carbonyl (C=O) groups excluding carboxylic acids is 1.